The van der Waals surface area contributed by atoms with E-state index in [0.717, 1.165) is 17.0 Å². The molecule has 5 nitrogen and oxygen atoms in total. The van der Waals surface area contributed by atoms with Gasteiger partial charge in [0.1, 0.15) is 0 Å². The maximum absolute atomic E-state index is 11.0. The minimum Gasteiger partial charge on any atom is -0.481 e. The van der Waals surface area contributed by atoms with Crippen molar-refractivity contribution >= 4 is 11.7 Å². The first-order valence-corrected chi connectivity index (χ1v) is 6.49. The molecule has 1 aliphatic heterocycles. The van der Waals surface area contributed by atoms with Crippen LogP contribution in [0.3, 0.4) is 0 Å². The quantitative estimate of drug-likeness (QED) is 0.810. The number of nitrogens with zero attached hydrogens (tertiary/aromatic N) is 1. The van der Waals surface area contributed by atoms with Crippen molar-refractivity contribution in [3.63, 3.8) is 0 Å². The molecule has 20 heavy (non-hydrogen) atoms. The lowest BCUT2D eigenvalue weighted by Gasteiger charge is -2.27. The van der Waals surface area contributed by atoms with Crippen LogP contribution in [-0.4, -0.2) is 31.0 Å². The van der Waals surface area contributed by atoms with E-state index in [0.29, 0.717) is 18.8 Å². The average Bonchev–Trinajstić information content (AvgIpc) is 2.84. The van der Waals surface area contributed by atoms with E-state index >= 15 is 0 Å². The van der Waals surface area contributed by atoms with Gasteiger partial charge in [-0.1, -0.05) is 19.1 Å². The van der Waals surface area contributed by atoms with E-state index < -0.39 is 11.9 Å². The van der Waals surface area contributed by atoms with Crippen LogP contribution < -0.4 is 14.4 Å². The molecule has 1 aromatic carbocycles. The van der Waals surface area contributed by atoms with Gasteiger partial charge in [0.2, 0.25) is 6.79 Å². The average molecular weight is 277 g/mol. The van der Waals surface area contributed by atoms with Crippen LogP contribution in [0.1, 0.15) is 13.8 Å². The predicted octanol–water partition coefficient (Wildman–Crippen LogP) is 2.52. The summed E-state index contributed by atoms with van der Waals surface area (Å²) < 4.78 is 10.6. The second kappa shape index (κ2) is 5.86. The minimum absolute atomic E-state index is 0.227. The number of benzene rings is 1. The zero-order chi connectivity index (χ0) is 14.7. The molecule has 0 bridgehead atoms. The van der Waals surface area contributed by atoms with Crippen LogP contribution in [0, 0.1) is 5.92 Å². The fourth-order valence-corrected chi connectivity index (χ4v) is 2.08. The van der Waals surface area contributed by atoms with Gasteiger partial charge in [-0.15, -0.1) is 0 Å². The van der Waals surface area contributed by atoms with Gasteiger partial charge in [0.15, 0.2) is 11.5 Å². The molecule has 1 heterocycles. The maximum Gasteiger partial charge on any atom is 0.308 e. The standard InChI is InChI=1S/C15H19NO4/c1-10(2)7-16(8-11(3)15(17)18)12-4-5-13-14(6-12)20-9-19-13/h4-6,11H,1,7-9H2,2-3H3,(H,17,18). The van der Waals surface area contributed by atoms with E-state index in [1.807, 2.05) is 30.0 Å². The SMILES string of the molecule is C=C(C)CN(CC(C)C(=O)O)c1ccc2c(c1)OCO2. The Labute approximate surface area is 118 Å². The van der Waals surface area contributed by atoms with Gasteiger partial charge in [-0.3, -0.25) is 4.79 Å². The Kier molecular flexibility index (Phi) is 4.17. The lowest BCUT2D eigenvalue weighted by Crippen LogP contribution is -2.33. The first-order valence-electron chi connectivity index (χ1n) is 6.49. The van der Waals surface area contributed by atoms with E-state index in [4.69, 9.17) is 14.6 Å². The Hall–Kier alpha value is -2.17. The number of anilines is 1. The van der Waals surface area contributed by atoms with Crippen molar-refractivity contribution in [3.05, 3.63) is 30.4 Å². The highest BCUT2D eigenvalue weighted by Crippen LogP contribution is 2.35. The van der Waals surface area contributed by atoms with Crippen LogP contribution in [0.15, 0.2) is 30.4 Å². The number of carboxylic acid groups (broad SMARTS) is 1. The summed E-state index contributed by atoms with van der Waals surface area (Å²) in [6.07, 6.45) is 0. The van der Waals surface area contributed by atoms with Gasteiger partial charge in [0.25, 0.3) is 0 Å². The van der Waals surface area contributed by atoms with Crippen LogP contribution in [0.2, 0.25) is 0 Å². The molecule has 1 aliphatic rings. The highest BCUT2D eigenvalue weighted by molar-refractivity contribution is 5.70. The summed E-state index contributed by atoms with van der Waals surface area (Å²) in [7, 11) is 0. The van der Waals surface area contributed by atoms with E-state index in [-0.39, 0.29) is 6.79 Å². The van der Waals surface area contributed by atoms with Gasteiger partial charge < -0.3 is 19.5 Å². The Morgan fingerprint density at radius 3 is 2.80 bits per heavy atom. The van der Waals surface area contributed by atoms with Crippen molar-refractivity contribution < 1.29 is 19.4 Å². The van der Waals surface area contributed by atoms with Crippen molar-refractivity contribution in [2.24, 2.45) is 5.92 Å². The molecule has 0 radical (unpaired) electrons. The molecule has 0 saturated carbocycles. The number of hydrogen-bond acceptors (Lipinski definition) is 4. The molecule has 0 amide bonds. The highest BCUT2D eigenvalue weighted by Gasteiger charge is 2.20. The van der Waals surface area contributed by atoms with Gasteiger partial charge in [0.05, 0.1) is 5.92 Å². The van der Waals surface area contributed by atoms with Crippen molar-refractivity contribution in [1.29, 1.82) is 0 Å². The molecule has 0 aromatic heterocycles. The van der Waals surface area contributed by atoms with Crippen LogP contribution in [0.5, 0.6) is 11.5 Å². The predicted molar refractivity (Wildman–Crippen MR) is 76.4 cm³/mol. The Morgan fingerprint density at radius 2 is 2.15 bits per heavy atom. The molecule has 108 valence electrons. The van der Waals surface area contributed by atoms with Gasteiger partial charge in [0, 0.05) is 24.8 Å². The molecule has 1 N–H and O–H groups in total. The number of carbonyl (C=O) groups is 1. The van der Waals surface area contributed by atoms with Crippen molar-refractivity contribution in [3.8, 4) is 11.5 Å². The van der Waals surface area contributed by atoms with Crippen LogP contribution in [-0.2, 0) is 4.79 Å². The van der Waals surface area contributed by atoms with Gasteiger partial charge >= 0.3 is 5.97 Å². The van der Waals surface area contributed by atoms with Gasteiger partial charge in [-0.2, -0.15) is 0 Å². The highest BCUT2D eigenvalue weighted by atomic mass is 16.7. The Morgan fingerprint density at radius 1 is 1.45 bits per heavy atom. The fourth-order valence-electron chi connectivity index (χ4n) is 2.08. The molecule has 1 unspecified atom stereocenters. The first-order chi connectivity index (χ1) is 9.47. The van der Waals surface area contributed by atoms with Crippen molar-refractivity contribution in [2.45, 2.75) is 13.8 Å². The lowest BCUT2D eigenvalue weighted by atomic mass is 10.1. The monoisotopic (exact) mass is 277 g/mol. The normalized spacial score (nSPS) is 13.9. The zero-order valence-electron chi connectivity index (χ0n) is 11.8. The molecule has 1 aromatic rings. The van der Waals surface area contributed by atoms with Gasteiger partial charge in [-0.05, 0) is 19.1 Å². The molecule has 5 heteroatoms. The molecular weight excluding hydrogens is 258 g/mol. The molecule has 2 rings (SSSR count). The summed E-state index contributed by atoms with van der Waals surface area (Å²) >= 11 is 0. The van der Waals surface area contributed by atoms with E-state index in [1.54, 1.807) is 6.92 Å². The van der Waals surface area contributed by atoms with E-state index in [9.17, 15) is 4.79 Å². The van der Waals surface area contributed by atoms with E-state index in [1.165, 1.54) is 0 Å². The Balaban J connectivity index is 2.21. The van der Waals surface area contributed by atoms with Gasteiger partial charge in [-0.25, -0.2) is 0 Å². The third-order valence-electron chi connectivity index (χ3n) is 3.10. The second-order valence-electron chi connectivity index (χ2n) is 5.11. The number of rotatable bonds is 6. The number of carboxylic acids is 1. The van der Waals surface area contributed by atoms with Crippen molar-refractivity contribution in [1.82, 2.24) is 0 Å². The first kappa shape index (κ1) is 14.2. The third-order valence-corrected chi connectivity index (χ3v) is 3.10. The molecular formula is C15H19NO4. The Bertz CT molecular complexity index is 527. The number of hydrogen-bond donors (Lipinski definition) is 1. The summed E-state index contributed by atoms with van der Waals surface area (Å²) in [6, 6.07) is 5.62. The molecule has 0 fully saturated rings. The molecule has 0 spiro atoms. The zero-order valence-corrected chi connectivity index (χ0v) is 11.8. The number of fused-ring (bicyclic) bond motifs is 1. The third kappa shape index (κ3) is 3.23. The maximum atomic E-state index is 11.0. The molecule has 0 saturated heterocycles. The van der Waals surface area contributed by atoms with Crippen molar-refractivity contribution in [2.75, 3.05) is 24.8 Å². The van der Waals surface area contributed by atoms with Crippen LogP contribution in [0.4, 0.5) is 5.69 Å². The lowest BCUT2D eigenvalue weighted by molar-refractivity contribution is -0.140. The summed E-state index contributed by atoms with van der Waals surface area (Å²) in [4.78, 5) is 13.0. The minimum atomic E-state index is -0.808. The molecule has 1 atom stereocenters. The summed E-state index contributed by atoms with van der Waals surface area (Å²) in [6.45, 7) is 8.77. The topological polar surface area (TPSA) is 59.0 Å². The van der Waals surface area contributed by atoms with Crippen LogP contribution in [0.25, 0.3) is 0 Å². The smallest absolute Gasteiger partial charge is 0.308 e. The number of aliphatic carboxylic acids is 1. The number of ether oxygens (including phenoxy) is 2. The fraction of sp³-hybridized carbons (Fsp3) is 0.400. The summed E-state index contributed by atoms with van der Waals surface area (Å²) in [5.41, 5.74) is 1.88. The molecule has 0 aliphatic carbocycles. The van der Waals surface area contributed by atoms with Crippen LogP contribution >= 0.6 is 0 Å². The summed E-state index contributed by atoms with van der Waals surface area (Å²) in [5, 5.41) is 9.07. The summed E-state index contributed by atoms with van der Waals surface area (Å²) in [5.74, 6) is 0.143. The van der Waals surface area contributed by atoms with E-state index in [2.05, 4.69) is 6.58 Å². The second-order valence-corrected chi connectivity index (χ2v) is 5.11. The largest absolute Gasteiger partial charge is 0.481 e.